The number of rotatable bonds is 3. The molecule has 1 aromatic rings. The average molecular weight is 264 g/mol. The molecule has 2 heterocycles. The minimum absolute atomic E-state index is 0.330. The summed E-state index contributed by atoms with van der Waals surface area (Å²) in [6.45, 7) is 3.49. The third kappa shape index (κ3) is 2.49. The minimum Gasteiger partial charge on any atom is -0.326 e. The third-order valence-electron chi connectivity index (χ3n) is 4.30. The molecule has 3 heteroatoms. The maximum Gasteiger partial charge on any atom is 0.0595 e. The van der Waals surface area contributed by atoms with Crippen molar-refractivity contribution in [3.8, 4) is 0 Å². The summed E-state index contributed by atoms with van der Waals surface area (Å²) in [7, 11) is 0. The molecule has 2 N–H and O–H groups in total. The van der Waals surface area contributed by atoms with E-state index < -0.39 is 0 Å². The predicted molar refractivity (Wildman–Crippen MR) is 78.0 cm³/mol. The van der Waals surface area contributed by atoms with Crippen LogP contribution in [-0.2, 0) is 6.42 Å². The van der Waals surface area contributed by atoms with Crippen LogP contribution in [-0.4, -0.2) is 23.5 Å². The van der Waals surface area contributed by atoms with Gasteiger partial charge in [0.1, 0.15) is 0 Å². The van der Waals surface area contributed by atoms with Crippen molar-refractivity contribution in [3.05, 3.63) is 21.9 Å². The van der Waals surface area contributed by atoms with Gasteiger partial charge in [-0.3, -0.25) is 4.90 Å². The van der Waals surface area contributed by atoms with Gasteiger partial charge in [-0.2, -0.15) is 0 Å². The number of likely N-dealkylation sites (tertiary alicyclic amines) is 1. The van der Waals surface area contributed by atoms with E-state index in [2.05, 4.69) is 24.0 Å². The van der Waals surface area contributed by atoms with E-state index in [0.29, 0.717) is 12.1 Å². The first-order valence-electron chi connectivity index (χ1n) is 7.39. The fraction of sp³-hybridized carbons (Fsp3) is 0.733. The van der Waals surface area contributed by atoms with Crippen LogP contribution in [0.1, 0.15) is 54.8 Å². The lowest BCUT2D eigenvalue weighted by atomic mass is 10.0. The molecule has 2 aliphatic rings. The van der Waals surface area contributed by atoms with Gasteiger partial charge in [-0.25, -0.2) is 0 Å². The lowest BCUT2D eigenvalue weighted by Crippen LogP contribution is -2.40. The van der Waals surface area contributed by atoms with Gasteiger partial charge in [0, 0.05) is 21.8 Å². The Bertz CT molecular complexity index is 397. The van der Waals surface area contributed by atoms with Crippen LogP contribution < -0.4 is 5.73 Å². The number of hydrogen-bond donors (Lipinski definition) is 1. The Morgan fingerprint density at radius 1 is 1.28 bits per heavy atom. The summed E-state index contributed by atoms with van der Waals surface area (Å²) in [5.74, 6) is 0. The Kier molecular flexibility index (Phi) is 3.73. The molecule has 2 atom stereocenters. The zero-order chi connectivity index (χ0) is 12.5. The van der Waals surface area contributed by atoms with Gasteiger partial charge in [-0.15, -0.1) is 11.3 Å². The number of aryl methyl sites for hydroxylation is 1. The van der Waals surface area contributed by atoms with E-state index in [9.17, 15) is 0 Å². The number of nitrogens with zero attached hydrogens (tertiary/aromatic N) is 1. The highest BCUT2D eigenvalue weighted by atomic mass is 32.1. The van der Waals surface area contributed by atoms with Crippen molar-refractivity contribution in [2.75, 3.05) is 6.54 Å². The molecule has 1 saturated carbocycles. The quantitative estimate of drug-likeness (QED) is 0.907. The summed E-state index contributed by atoms with van der Waals surface area (Å²) >= 11 is 1.98. The molecule has 0 bridgehead atoms. The molecule has 2 fully saturated rings. The first-order valence-corrected chi connectivity index (χ1v) is 8.21. The smallest absolute Gasteiger partial charge is 0.0595 e. The molecular weight excluding hydrogens is 240 g/mol. The summed E-state index contributed by atoms with van der Waals surface area (Å²) in [4.78, 5) is 5.72. The van der Waals surface area contributed by atoms with E-state index in [4.69, 9.17) is 5.73 Å². The van der Waals surface area contributed by atoms with Gasteiger partial charge >= 0.3 is 0 Å². The fourth-order valence-electron chi connectivity index (χ4n) is 3.15. The van der Waals surface area contributed by atoms with E-state index in [0.717, 1.165) is 12.5 Å². The van der Waals surface area contributed by atoms with Crippen LogP contribution in [0.25, 0.3) is 0 Å². The van der Waals surface area contributed by atoms with Gasteiger partial charge in [0.2, 0.25) is 0 Å². The molecule has 0 radical (unpaired) electrons. The molecule has 2 unspecified atom stereocenters. The molecule has 2 nitrogen and oxygen atoms in total. The van der Waals surface area contributed by atoms with E-state index in [1.54, 1.807) is 0 Å². The van der Waals surface area contributed by atoms with Crippen LogP contribution in [0.3, 0.4) is 0 Å². The first-order chi connectivity index (χ1) is 8.79. The summed E-state index contributed by atoms with van der Waals surface area (Å²) < 4.78 is 0. The molecule has 0 aromatic carbocycles. The van der Waals surface area contributed by atoms with Crippen molar-refractivity contribution in [1.29, 1.82) is 0 Å². The fourth-order valence-corrected chi connectivity index (χ4v) is 4.30. The van der Waals surface area contributed by atoms with Crippen LogP contribution in [0, 0.1) is 0 Å². The maximum atomic E-state index is 6.48. The van der Waals surface area contributed by atoms with Crippen LogP contribution in [0.4, 0.5) is 0 Å². The number of hydrogen-bond acceptors (Lipinski definition) is 3. The molecule has 1 aromatic heterocycles. The van der Waals surface area contributed by atoms with Gasteiger partial charge in [-0.1, -0.05) is 13.3 Å². The highest BCUT2D eigenvalue weighted by Gasteiger charge is 2.38. The second-order valence-corrected chi connectivity index (χ2v) is 6.93. The minimum atomic E-state index is 0.330. The number of thiophene rings is 1. The van der Waals surface area contributed by atoms with Gasteiger partial charge < -0.3 is 5.73 Å². The molecule has 0 amide bonds. The van der Waals surface area contributed by atoms with Crippen molar-refractivity contribution >= 4 is 11.3 Å². The van der Waals surface area contributed by atoms with E-state index >= 15 is 0 Å². The monoisotopic (exact) mass is 264 g/mol. The van der Waals surface area contributed by atoms with Gasteiger partial charge in [0.05, 0.1) is 6.04 Å². The molecule has 1 aliphatic carbocycles. The second-order valence-electron chi connectivity index (χ2n) is 5.73. The van der Waals surface area contributed by atoms with Gasteiger partial charge in [0.25, 0.3) is 0 Å². The SMILES string of the molecule is CCc1ccc(C2C(N)CCCCN2C2CC2)s1. The number of nitrogens with two attached hydrogens (primary N) is 1. The van der Waals surface area contributed by atoms with Crippen LogP contribution in [0.5, 0.6) is 0 Å². The topological polar surface area (TPSA) is 29.3 Å². The Morgan fingerprint density at radius 2 is 2.11 bits per heavy atom. The molecular formula is C15H24N2S. The van der Waals surface area contributed by atoms with Crippen LogP contribution >= 0.6 is 11.3 Å². The van der Waals surface area contributed by atoms with E-state index in [1.807, 2.05) is 11.3 Å². The zero-order valence-corrected chi connectivity index (χ0v) is 12.1. The van der Waals surface area contributed by atoms with Crippen molar-refractivity contribution in [2.24, 2.45) is 5.73 Å². The Morgan fingerprint density at radius 3 is 2.78 bits per heavy atom. The molecule has 3 rings (SSSR count). The molecule has 0 spiro atoms. The van der Waals surface area contributed by atoms with Crippen molar-refractivity contribution < 1.29 is 0 Å². The highest BCUT2D eigenvalue weighted by Crippen LogP contribution is 2.40. The maximum absolute atomic E-state index is 6.48. The summed E-state index contributed by atoms with van der Waals surface area (Å²) in [5.41, 5.74) is 6.48. The summed E-state index contributed by atoms with van der Waals surface area (Å²) in [6.07, 6.45) is 7.73. The Hall–Kier alpha value is -0.380. The van der Waals surface area contributed by atoms with Crippen LogP contribution in [0.15, 0.2) is 12.1 Å². The summed E-state index contributed by atoms with van der Waals surface area (Å²) in [6, 6.07) is 6.27. The van der Waals surface area contributed by atoms with Crippen molar-refractivity contribution in [3.63, 3.8) is 0 Å². The largest absolute Gasteiger partial charge is 0.326 e. The standard InChI is InChI=1S/C15H24N2S/c1-2-12-8-9-14(18-12)15-13(16)5-3-4-10-17(15)11-6-7-11/h8-9,11,13,15H,2-7,10,16H2,1H3. The predicted octanol–water partition coefficient (Wildman–Crippen LogP) is 3.33. The third-order valence-corrected chi connectivity index (χ3v) is 5.61. The molecule has 18 heavy (non-hydrogen) atoms. The molecule has 100 valence electrons. The van der Waals surface area contributed by atoms with Crippen molar-refractivity contribution in [1.82, 2.24) is 4.90 Å². The van der Waals surface area contributed by atoms with E-state index in [-0.39, 0.29) is 0 Å². The normalized spacial score (nSPS) is 30.3. The first kappa shape index (κ1) is 12.6. The molecule has 1 saturated heterocycles. The zero-order valence-electron chi connectivity index (χ0n) is 11.3. The Balaban J connectivity index is 1.87. The second kappa shape index (κ2) is 5.32. The lowest BCUT2D eigenvalue weighted by molar-refractivity contribution is 0.178. The van der Waals surface area contributed by atoms with E-state index in [1.165, 1.54) is 48.4 Å². The van der Waals surface area contributed by atoms with Gasteiger partial charge in [0.15, 0.2) is 0 Å². The summed E-state index contributed by atoms with van der Waals surface area (Å²) in [5, 5.41) is 0. The van der Waals surface area contributed by atoms with Gasteiger partial charge in [-0.05, 0) is 50.8 Å². The lowest BCUT2D eigenvalue weighted by Gasteiger charge is -2.32. The Labute approximate surface area is 114 Å². The highest BCUT2D eigenvalue weighted by molar-refractivity contribution is 7.12. The van der Waals surface area contributed by atoms with Crippen LogP contribution in [0.2, 0.25) is 0 Å². The average Bonchev–Trinajstić information content (AvgIpc) is 3.13. The van der Waals surface area contributed by atoms with Crippen molar-refractivity contribution in [2.45, 2.75) is 63.6 Å². The molecule has 1 aliphatic heterocycles.